The Hall–Kier alpha value is -0.720. The monoisotopic (exact) mass is 359 g/mol. The quantitative estimate of drug-likeness (QED) is 0.600. The molecule has 1 atom stereocenters. The SMILES string of the molecule is O=C1c2cc(Br)c(Br)cc2C(=O)N1CC1CO1. The summed E-state index contributed by atoms with van der Waals surface area (Å²) in [7, 11) is 0. The lowest BCUT2D eigenvalue weighted by Crippen LogP contribution is -2.33. The molecule has 0 aliphatic carbocycles. The van der Waals surface area contributed by atoms with Crippen LogP contribution in [0.15, 0.2) is 21.1 Å². The molecule has 0 aromatic heterocycles. The fourth-order valence-electron chi connectivity index (χ4n) is 1.83. The van der Waals surface area contributed by atoms with Crippen LogP contribution in [0, 0.1) is 0 Å². The average molecular weight is 361 g/mol. The molecule has 1 unspecified atom stereocenters. The summed E-state index contributed by atoms with van der Waals surface area (Å²) >= 11 is 6.65. The standard InChI is InChI=1S/C11H7Br2NO3/c12-8-1-6-7(2-9(8)13)11(16)14(10(6)15)3-5-4-17-5/h1-2,5H,3-4H2. The minimum atomic E-state index is -0.242. The van der Waals surface area contributed by atoms with Gasteiger partial charge in [-0.15, -0.1) is 0 Å². The van der Waals surface area contributed by atoms with Crippen LogP contribution in [0.5, 0.6) is 0 Å². The molecule has 0 spiro atoms. The maximum absolute atomic E-state index is 12.0. The van der Waals surface area contributed by atoms with E-state index in [2.05, 4.69) is 31.9 Å². The molecule has 6 heteroatoms. The van der Waals surface area contributed by atoms with E-state index in [0.29, 0.717) is 24.3 Å². The lowest BCUT2D eigenvalue weighted by molar-refractivity contribution is 0.0642. The summed E-state index contributed by atoms with van der Waals surface area (Å²) in [5, 5.41) is 0. The van der Waals surface area contributed by atoms with E-state index >= 15 is 0 Å². The number of benzene rings is 1. The van der Waals surface area contributed by atoms with Crippen molar-refractivity contribution in [1.29, 1.82) is 0 Å². The van der Waals surface area contributed by atoms with Gasteiger partial charge in [0, 0.05) is 8.95 Å². The molecule has 4 nitrogen and oxygen atoms in total. The minimum absolute atomic E-state index is 0.0177. The number of nitrogens with zero attached hydrogens (tertiary/aromatic N) is 1. The number of carbonyl (C=O) groups excluding carboxylic acids is 2. The Morgan fingerprint density at radius 2 is 1.65 bits per heavy atom. The molecule has 0 radical (unpaired) electrons. The predicted octanol–water partition coefficient (Wildman–Crippen LogP) is 2.21. The number of amides is 2. The molecule has 0 saturated carbocycles. The van der Waals surface area contributed by atoms with E-state index < -0.39 is 0 Å². The topological polar surface area (TPSA) is 49.9 Å². The third-order valence-corrected chi connectivity index (χ3v) is 4.64. The van der Waals surface area contributed by atoms with Crippen LogP contribution in [0.3, 0.4) is 0 Å². The normalized spacial score (nSPS) is 22.0. The highest BCUT2D eigenvalue weighted by atomic mass is 79.9. The highest BCUT2D eigenvalue weighted by Crippen LogP contribution is 2.32. The molecular weight excluding hydrogens is 354 g/mol. The molecule has 88 valence electrons. The van der Waals surface area contributed by atoms with Crippen molar-refractivity contribution in [3.05, 3.63) is 32.2 Å². The first-order chi connectivity index (χ1) is 8.08. The van der Waals surface area contributed by atoms with Crippen molar-refractivity contribution in [2.45, 2.75) is 6.10 Å². The number of carbonyl (C=O) groups is 2. The van der Waals surface area contributed by atoms with Crippen molar-refractivity contribution in [2.75, 3.05) is 13.2 Å². The molecule has 3 rings (SSSR count). The van der Waals surface area contributed by atoms with E-state index in [1.165, 1.54) is 4.90 Å². The smallest absolute Gasteiger partial charge is 0.261 e. The third-order valence-electron chi connectivity index (χ3n) is 2.80. The molecule has 1 aromatic carbocycles. The Morgan fingerprint density at radius 3 is 2.06 bits per heavy atom. The lowest BCUT2D eigenvalue weighted by atomic mass is 10.1. The van der Waals surface area contributed by atoms with Crippen molar-refractivity contribution in [3.63, 3.8) is 0 Å². The molecule has 1 fully saturated rings. The van der Waals surface area contributed by atoms with Gasteiger partial charge in [-0.05, 0) is 44.0 Å². The van der Waals surface area contributed by atoms with Gasteiger partial charge in [0.15, 0.2) is 0 Å². The number of imide groups is 1. The first-order valence-corrected chi connectivity index (χ1v) is 6.63. The van der Waals surface area contributed by atoms with Crippen LogP contribution >= 0.6 is 31.9 Å². The zero-order valence-corrected chi connectivity index (χ0v) is 11.7. The highest BCUT2D eigenvalue weighted by molar-refractivity contribution is 9.13. The number of ether oxygens (including phenoxy) is 1. The second kappa shape index (κ2) is 3.90. The van der Waals surface area contributed by atoms with Gasteiger partial charge in [-0.1, -0.05) is 0 Å². The van der Waals surface area contributed by atoms with E-state index in [0.717, 1.165) is 8.95 Å². The minimum Gasteiger partial charge on any atom is -0.371 e. The van der Waals surface area contributed by atoms with Gasteiger partial charge in [-0.25, -0.2) is 0 Å². The Labute approximate surface area is 114 Å². The average Bonchev–Trinajstić information content (AvgIpc) is 3.07. The molecule has 17 heavy (non-hydrogen) atoms. The molecule has 2 amide bonds. The molecular formula is C11H7Br2NO3. The summed E-state index contributed by atoms with van der Waals surface area (Å²) in [4.78, 5) is 25.3. The van der Waals surface area contributed by atoms with Crippen LogP contribution in [-0.4, -0.2) is 36.0 Å². The largest absolute Gasteiger partial charge is 0.371 e. The first-order valence-electron chi connectivity index (χ1n) is 5.05. The van der Waals surface area contributed by atoms with Gasteiger partial charge < -0.3 is 4.74 Å². The van der Waals surface area contributed by atoms with E-state index in [9.17, 15) is 9.59 Å². The molecule has 2 aliphatic heterocycles. The van der Waals surface area contributed by atoms with Crippen LogP contribution in [0.25, 0.3) is 0 Å². The van der Waals surface area contributed by atoms with Gasteiger partial charge in [0.05, 0.1) is 30.4 Å². The fourth-order valence-corrected chi connectivity index (χ4v) is 2.51. The summed E-state index contributed by atoms with van der Waals surface area (Å²) < 4.78 is 6.58. The summed E-state index contributed by atoms with van der Waals surface area (Å²) in [6.07, 6.45) is 0.0177. The fraction of sp³-hybridized carbons (Fsp3) is 0.273. The highest BCUT2D eigenvalue weighted by Gasteiger charge is 2.39. The van der Waals surface area contributed by atoms with Gasteiger partial charge in [0.2, 0.25) is 0 Å². The number of fused-ring (bicyclic) bond motifs is 1. The Bertz CT molecular complexity index is 499. The molecule has 1 aromatic rings. The van der Waals surface area contributed by atoms with Crippen LogP contribution < -0.4 is 0 Å². The Balaban J connectivity index is 2.01. The van der Waals surface area contributed by atoms with E-state index in [1.807, 2.05) is 0 Å². The van der Waals surface area contributed by atoms with Crippen LogP contribution in [0.4, 0.5) is 0 Å². The number of rotatable bonds is 2. The zero-order chi connectivity index (χ0) is 12.2. The van der Waals surface area contributed by atoms with Crippen molar-refractivity contribution in [1.82, 2.24) is 4.90 Å². The van der Waals surface area contributed by atoms with Crippen molar-refractivity contribution in [3.8, 4) is 0 Å². The van der Waals surface area contributed by atoms with Gasteiger partial charge in [-0.3, -0.25) is 14.5 Å². The van der Waals surface area contributed by atoms with Gasteiger partial charge >= 0.3 is 0 Å². The Kier molecular flexibility index (Phi) is 2.61. The van der Waals surface area contributed by atoms with Crippen LogP contribution in [-0.2, 0) is 4.74 Å². The van der Waals surface area contributed by atoms with E-state index in [-0.39, 0.29) is 17.9 Å². The molecule has 0 bridgehead atoms. The zero-order valence-electron chi connectivity index (χ0n) is 8.57. The van der Waals surface area contributed by atoms with Crippen LogP contribution in [0.1, 0.15) is 20.7 Å². The molecule has 0 N–H and O–H groups in total. The number of hydrogen-bond donors (Lipinski definition) is 0. The van der Waals surface area contributed by atoms with Crippen molar-refractivity contribution in [2.24, 2.45) is 0 Å². The Morgan fingerprint density at radius 1 is 1.18 bits per heavy atom. The number of hydrogen-bond acceptors (Lipinski definition) is 3. The second-order valence-electron chi connectivity index (χ2n) is 3.99. The van der Waals surface area contributed by atoms with Gasteiger partial charge in [0.1, 0.15) is 0 Å². The molecule has 2 heterocycles. The van der Waals surface area contributed by atoms with E-state index in [4.69, 9.17) is 4.74 Å². The summed E-state index contributed by atoms with van der Waals surface area (Å²) in [5.74, 6) is -0.484. The molecule has 1 saturated heterocycles. The summed E-state index contributed by atoms with van der Waals surface area (Å²) in [6.45, 7) is 0.975. The van der Waals surface area contributed by atoms with Gasteiger partial charge in [0.25, 0.3) is 11.8 Å². The maximum Gasteiger partial charge on any atom is 0.261 e. The first kappa shape index (κ1) is 11.4. The van der Waals surface area contributed by atoms with Gasteiger partial charge in [-0.2, -0.15) is 0 Å². The van der Waals surface area contributed by atoms with E-state index in [1.54, 1.807) is 12.1 Å². The van der Waals surface area contributed by atoms with Crippen molar-refractivity contribution < 1.29 is 14.3 Å². The van der Waals surface area contributed by atoms with Crippen molar-refractivity contribution >= 4 is 43.7 Å². The molecule has 2 aliphatic rings. The third kappa shape index (κ3) is 1.84. The summed E-state index contributed by atoms with van der Waals surface area (Å²) in [6, 6.07) is 3.35. The maximum atomic E-state index is 12.0. The number of halogens is 2. The number of epoxide rings is 1. The summed E-state index contributed by atoms with van der Waals surface area (Å²) in [5.41, 5.74) is 0.899. The lowest BCUT2D eigenvalue weighted by Gasteiger charge is -2.10. The second-order valence-corrected chi connectivity index (χ2v) is 5.70. The van der Waals surface area contributed by atoms with Crippen LogP contribution in [0.2, 0.25) is 0 Å². The predicted molar refractivity (Wildman–Crippen MR) is 66.9 cm³/mol.